The predicted molar refractivity (Wildman–Crippen MR) is 59.0 cm³/mol. The van der Waals surface area contributed by atoms with Gasteiger partial charge in [0.1, 0.15) is 0 Å². The van der Waals surface area contributed by atoms with E-state index in [1.54, 1.807) is 0 Å². The molecule has 0 radical (unpaired) electrons. The second-order valence-electron chi connectivity index (χ2n) is 4.11. The maximum atomic E-state index is 10.7. The number of benzene rings is 1. The van der Waals surface area contributed by atoms with Gasteiger partial charge in [0, 0.05) is 18.8 Å². The lowest BCUT2D eigenvalue weighted by atomic mass is 9.79. The van der Waals surface area contributed by atoms with E-state index in [2.05, 4.69) is 4.90 Å². The second-order valence-corrected chi connectivity index (χ2v) is 4.11. The Morgan fingerprint density at radius 2 is 1.93 bits per heavy atom. The zero-order valence-corrected chi connectivity index (χ0v) is 8.76. The Morgan fingerprint density at radius 3 is 2.47 bits per heavy atom. The molecule has 1 aromatic carbocycles. The third kappa shape index (κ3) is 1.96. The van der Waals surface area contributed by atoms with Crippen LogP contribution in [0.3, 0.4) is 0 Å². The number of hydrogen-bond donors (Lipinski definition) is 1. The van der Waals surface area contributed by atoms with Gasteiger partial charge in [-0.2, -0.15) is 0 Å². The summed E-state index contributed by atoms with van der Waals surface area (Å²) in [6.45, 7) is 0. The Morgan fingerprint density at radius 1 is 1.33 bits per heavy atom. The number of hydrogen-bond acceptors (Lipinski definition) is 2. The molecule has 0 saturated heterocycles. The van der Waals surface area contributed by atoms with Crippen molar-refractivity contribution < 1.29 is 9.90 Å². The number of carboxylic acids is 1. The van der Waals surface area contributed by atoms with Gasteiger partial charge >= 0.3 is 5.97 Å². The molecule has 2 rings (SSSR count). The van der Waals surface area contributed by atoms with Gasteiger partial charge in [0.25, 0.3) is 0 Å². The first-order valence-electron chi connectivity index (χ1n) is 5.19. The van der Waals surface area contributed by atoms with Crippen LogP contribution >= 0.6 is 0 Å². The van der Waals surface area contributed by atoms with Crippen LogP contribution in [-0.2, 0) is 4.79 Å². The summed E-state index contributed by atoms with van der Waals surface area (Å²) < 4.78 is 0. The third-order valence-corrected chi connectivity index (χ3v) is 3.17. The fraction of sp³-hybridized carbons (Fsp3) is 0.417. The molecule has 80 valence electrons. The molecule has 1 aliphatic rings. The van der Waals surface area contributed by atoms with Crippen LogP contribution in [0.15, 0.2) is 30.3 Å². The van der Waals surface area contributed by atoms with Gasteiger partial charge in [0.15, 0.2) is 0 Å². The van der Waals surface area contributed by atoms with Gasteiger partial charge in [0.2, 0.25) is 0 Å². The van der Waals surface area contributed by atoms with E-state index >= 15 is 0 Å². The van der Waals surface area contributed by atoms with E-state index < -0.39 is 5.97 Å². The van der Waals surface area contributed by atoms with Gasteiger partial charge in [-0.25, -0.2) is 0 Å². The normalized spacial score (nSPS) is 24.3. The first-order chi connectivity index (χ1) is 7.18. The summed E-state index contributed by atoms with van der Waals surface area (Å²) in [7, 11) is 2.03. The van der Waals surface area contributed by atoms with Crippen LogP contribution in [0, 0.1) is 5.92 Å². The maximum Gasteiger partial charge on any atom is 0.306 e. The second kappa shape index (κ2) is 3.93. The first-order valence-corrected chi connectivity index (χ1v) is 5.19. The van der Waals surface area contributed by atoms with Gasteiger partial charge in [0.05, 0.1) is 5.92 Å². The summed E-state index contributed by atoms with van der Waals surface area (Å²) in [4.78, 5) is 12.8. The van der Waals surface area contributed by atoms with Crippen molar-refractivity contribution in [3.05, 3.63) is 30.3 Å². The lowest BCUT2D eigenvalue weighted by molar-refractivity contribution is -0.145. The number of carbonyl (C=O) groups is 1. The third-order valence-electron chi connectivity index (χ3n) is 3.17. The van der Waals surface area contributed by atoms with Gasteiger partial charge in [-0.15, -0.1) is 0 Å². The Balaban J connectivity index is 1.95. The molecule has 0 spiro atoms. The molecular weight excluding hydrogens is 190 g/mol. The van der Waals surface area contributed by atoms with Crippen molar-refractivity contribution in [2.75, 3.05) is 11.9 Å². The molecule has 15 heavy (non-hydrogen) atoms. The van der Waals surface area contributed by atoms with Gasteiger partial charge in [-0.1, -0.05) is 18.2 Å². The molecule has 1 aromatic rings. The molecule has 0 aliphatic heterocycles. The fourth-order valence-electron chi connectivity index (χ4n) is 1.98. The average molecular weight is 205 g/mol. The number of aliphatic carboxylic acids is 1. The van der Waals surface area contributed by atoms with E-state index in [1.807, 2.05) is 37.4 Å². The first kappa shape index (κ1) is 10.0. The van der Waals surface area contributed by atoms with E-state index in [4.69, 9.17) is 5.11 Å². The highest BCUT2D eigenvalue weighted by Gasteiger charge is 2.36. The minimum absolute atomic E-state index is 0.138. The van der Waals surface area contributed by atoms with Gasteiger partial charge in [-0.05, 0) is 25.0 Å². The van der Waals surface area contributed by atoms with Crippen LogP contribution in [0.1, 0.15) is 12.8 Å². The average Bonchev–Trinajstić information content (AvgIpc) is 2.16. The van der Waals surface area contributed by atoms with Crippen LogP contribution in [0.2, 0.25) is 0 Å². The van der Waals surface area contributed by atoms with Crippen molar-refractivity contribution in [1.82, 2.24) is 0 Å². The smallest absolute Gasteiger partial charge is 0.306 e. The molecule has 1 saturated carbocycles. The van der Waals surface area contributed by atoms with Gasteiger partial charge in [-0.3, -0.25) is 4.79 Å². The minimum atomic E-state index is -0.660. The quantitative estimate of drug-likeness (QED) is 0.820. The summed E-state index contributed by atoms with van der Waals surface area (Å²) in [6.07, 6.45) is 1.53. The van der Waals surface area contributed by atoms with Crippen molar-refractivity contribution in [1.29, 1.82) is 0 Å². The Kier molecular flexibility index (Phi) is 2.62. The highest BCUT2D eigenvalue weighted by Crippen LogP contribution is 2.33. The maximum absolute atomic E-state index is 10.7. The summed E-state index contributed by atoms with van der Waals surface area (Å²) in [5, 5.41) is 8.78. The number of nitrogens with zero attached hydrogens (tertiary/aromatic N) is 1. The van der Waals surface area contributed by atoms with Crippen molar-refractivity contribution in [2.24, 2.45) is 5.92 Å². The molecule has 1 fully saturated rings. The zero-order chi connectivity index (χ0) is 10.8. The molecule has 3 nitrogen and oxygen atoms in total. The molecule has 1 aliphatic carbocycles. The Labute approximate surface area is 89.3 Å². The molecule has 0 unspecified atom stereocenters. The summed E-state index contributed by atoms with van der Waals surface area (Å²) in [6, 6.07) is 10.5. The predicted octanol–water partition coefficient (Wildman–Crippen LogP) is 1.99. The van der Waals surface area contributed by atoms with Crippen molar-refractivity contribution in [3.8, 4) is 0 Å². The van der Waals surface area contributed by atoms with E-state index in [1.165, 1.54) is 0 Å². The highest BCUT2D eigenvalue weighted by molar-refractivity contribution is 5.71. The Hall–Kier alpha value is -1.51. The number of carboxylic acid groups (broad SMARTS) is 1. The molecular formula is C12H15NO2. The van der Waals surface area contributed by atoms with Crippen LogP contribution in [0.25, 0.3) is 0 Å². The largest absolute Gasteiger partial charge is 0.481 e. The highest BCUT2D eigenvalue weighted by atomic mass is 16.4. The summed E-state index contributed by atoms with van der Waals surface area (Å²) in [5.74, 6) is -0.797. The van der Waals surface area contributed by atoms with Crippen LogP contribution in [-0.4, -0.2) is 24.2 Å². The van der Waals surface area contributed by atoms with Crippen molar-refractivity contribution >= 4 is 11.7 Å². The lowest BCUT2D eigenvalue weighted by Crippen LogP contribution is -2.45. The molecule has 0 amide bonds. The minimum Gasteiger partial charge on any atom is -0.481 e. The van der Waals surface area contributed by atoms with Gasteiger partial charge < -0.3 is 10.0 Å². The fourth-order valence-corrected chi connectivity index (χ4v) is 1.98. The molecule has 1 N–H and O–H groups in total. The van der Waals surface area contributed by atoms with Crippen molar-refractivity contribution in [2.45, 2.75) is 18.9 Å². The molecule has 0 heterocycles. The Bertz CT molecular complexity index is 344. The standard InChI is InChI=1S/C12H15NO2/c1-13(10-5-3-2-4-6-10)11-7-9(8-11)12(14)15/h2-6,9,11H,7-8H2,1H3,(H,14,15). The molecule has 0 atom stereocenters. The van der Waals surface area contributed by atoms with Crippen LogP contribution in [0.5, 0.6) is 0 Å². The molecule has 0 aromatic heterocycles. The van der Waals surface area contributed by atoms with E-state index in [9.17, 15) is 4.79 Å². The van der Waals surface area contributed by atoms with Crippen molar-refractivity contribution in [3.63, 3.8) is 0 Å². The topological polar surface area (TPSA) is 40.5 Å². The number of para-hydroxylation sites is 1. The lowest BCUT2D eigenvalue weighted by Gasteiger charge is -2.40. The monoisotopic (exact) mass is 205 g/mol. The zero-order valence-electron chi connectivity index (χ0n) is 8.76. The van der Waals surface area contributed by atoms with E-state index in [-0.39, 0.29) is 5.92 Å². The SMILES string of the molecule is CN(c1ccccc1)C1CC(C(=O)O)C1. The number of anilines is 1. The molecule has 0 bridgehead atoms. The van der Waals surface area contributed by atoms with Crippen LogP contribution < -0.4 is 4.90 Å². The number of rotatable bonds is 3. The van der Waals surface area contributed by atoms with Crippen LogP contribution in [0.4, 0.5) is 5.69 Å². The summed E-state index contributed by atoms with van der Waals surface area (Å²) in [5.41, 5.74) is 1.16. The summed E-state index contributed by atoms with van der Waals surface area (Å²) >= 11 is 0. The van der Waals surface area contributed by atoms with E-state index in [0.29, 0.717) is 6.04 Å². The molecule has 3 heteroatoms. The van der Waals surface area contributed by atoms with E-state index in [0.717, 1.165) is 18.5 Å².